The van der Waals surface area contributed by atoms with Crippen molar-refractivity contribution in [2.75, 3.05) is 10.6 Å². The summed E-state index contributed by atoms with van der Waals surface area (Å²) in [5.74, 6) is 1.35. The number of para-hydroxylation sites is 3. The first-order chi connectivity index (χ1) is 11.9. The standard InChI is InChI=1S/C20H16N4/c1-3-9-15(10-4-1)21-19-17-13-7-8-14-18(17)23-20(24-19)22-16-11-5-2-6-12-16/h1-14H,(H2,21,22,23,24). The fourth-order valence-electron chi connectivity index (χ4n) is 2.54. The Morgan fingerprint density at radius 3 is 1.83 bits per heavy atom. The van der Waals surface area contributed by atoms with Crippen LogP contribution in [0, 0.1) is 0 Å². The topological polar surface area (TPSA) is 49.8 Å². The van der Waals surface area contributed by atoms with Crippen LogP contribution in [0.1, 0.15) is 0 Å². The van der Waals surface area contributed by atoms with Crippen molar-refractivity contribution >= 4 is 34.0 Å². The molecule has 0 radical (unpaired) electrons. The summed E-state index contributed by atoms with van der Waals surface area (Å²) in [6.07, 6.45) is 0. The van der Waals surface area contributed by atoms with Gasteiger partial charge in [-0.15, -0.1) is 0 Å². The van der Waals surface area contributed by atoms with Gasteiger partial charge in [0.25, 0.3) is 0 Å². The number of aromatic nitrogens is 2. The summed E-state index contributed by atoms with van der Waals surface area (Å²) in [6.45, 7) is 0. The molecular weight excluding hydrogens is 296 g/mol. The molecule has 116 valence electrons. The van der Waals surface area contributed by atoms with E-state index in [-0.39, 0.29) is 0 Å². The molecule has 4 aromatic rings. The van der Waals surface area contributed by atoms with E-state index in [1.807, 2.05) is 84.9 Å². The van der Waals surface area contributed by atoms with Crippen LogP contribution < -0.4 is 10.6 Å². The maximum Gasteiger partial charge on any atom is 0.229 e. The normalized spacial score (nSPS) is 10.5. The lowest BCUT2D eigenvalue weighted by Crippen LogP contribution is -2.02. The van der Waals surface area contributed by atoms with E-state index in [2.05, 4.69) is 20.6 Å². The summed E-state index contributed by atoms with van der Waals surface area (Å²) in [7, 11) is 0. The van der Waals surface area contributed by atoms with Gasteiger partial charge < -0.3 is 10.6 Å². The zero-order valence-corrected chi connectivity index (χ0v) is 13.0. The molecular formula is C20H16N4. The van der Waals surface area contributed by atoms with Gasteiger partial charge in [0, 0.05) is 16.8 Å². The first-order valence-electron chi connectivity index (χ1n) is 7.79. The second kappa shape index (κ2) is 6.38. The Labute approximate surface area is 140 Å². The van der Waals surface area contributed by atoms with Crippen molar-refractivity contribution in [1.29, 1.82) is 0 Å². The molecule has 0 aliphatic heterocycles. The van der Waals surface area contributed by atoms with E-state index in [1.165, 1.54) is 0 Å². The Bertz CT molecular complexity index is 953. The highest BCUT2D eigenvalue weighted by atomic mass is 15.1. The molecule has 1 aromatic heterocycles. The van der Waals surface area contributed by atoms with Gasteiger partial charge in [-0.2, -0.15) is 4.98 Å². The molecule has 0 fully saturated rings. The average Bonchev–Trinajstić information content (AvgIpc) is 2.63. The number of rotatable bonds is 4. The van der Waals surface area contributed by atoms with E-state index >= 15 is 0 Å². The molecule has 0 amide bonds. The van der Waals surface area contributed by atoms with E-state index < -0.39 is 0 Å². The lowest BCUT2D eigenvalue weighted by Gasteiger charge is -2.12. The number of nitrogens with one attached hydrogen (secondary N) is 2. The number of benzene rings is 3. The van der Waals surface area contributed by atoms with E-state index in [0.29, 0.717) is 5.95 Å². The zero-order valence-electron chi connectivity index (χ0n) is 13.0. The summed E-state index contributed by atoms with van der Waals surface area (Å²) in [4.78, 5) is 9.27. The first-order valence-corrected chi connectivity index (χ1v) is 7.79. The third-order valence-electron chi connectivity index (χ3n) is 3.67. The van der Waals surface area contributed by atoms with Crippen LogP contribution in [0.4, 0.5) is 23.1 Å². The lowest BCUT2D eigenvalue weighted by atomic mass is 10.2. The van der Waals surface area contributed by atoms with Crippen LogP contribution in [0.3, 0.4) is 0 Å². The van der Waals surface area contributed by atoms with Gasteiger partial charge in [0.2, 0.25) is 5.95 Å². The van der Waals surface area contributed by atoms with Crippen LogP contribution in [0.5, 0.6) is 0 Å². The van der Waals surface area contributed by atoms with Crippen molar-refractivity contribution in [3.05, 3.63) is 84.9 Å². The molecule has 24 heavy (non-hydrogen) atoms. The molecule has 0 aliphatic rings. The fourth-order valence-corrected chi connectivity index (χ4v) is 2.54. The van der Waals surface area contributed by atoms with E-state index in [0.717, 1.165) is 28.1 Å². The van der Waals surface area contributed by atoms with Crippen LogP contribution in [0.25, 0.3) is 10.9 Å². The van der Waals surface area contributed by atoms with Gasteiger partial charge in [0.05, 0.1) is 5.52 Å². The van der Waals surface area contributed by atoms with E-state index in [4.69, 9.17) is 0 Å². The van der Waals surface area contributed by atoms with Crippen molar-refractivity contribution in [2.24, 2.45) is 0 Å². The Morgan fingerprint density at radius 2 is 1.12 bits per heavy atom. The summed E-state index contributed by atoms with van der Waals surface area (Å²) >= 11 is 0. The maximum absolute atomic E-state index is 4.66. The summed E-state index contributed by atoms with van der Waals surface area (Å²) < 4.78 is 0. The molecule has 0 saturated heterocycles. The van der Waals surface area contributed by atoms with Crippen molar-refractivity contribution < 1.29 is 0 Å². The van der Waals surface area contributed by atoms with E-state index in [9.17, 15) is 0 Å². The van der Waals surface area contributed by atoms with Crippen molar-refractivity contribution in [2.45, 2.75) is 0 Å². The minimum absolute atomic E-state index is 0.568. The highest BCUT2D eigenvalue weighted by Gasteiger charge is 2.08. The summed E-state index contributed by atoms with van der Waals surface area (Å²) in [5.41, 5.74) is 2.84. The van der Waals surface area contributed by atoms with Gasteiger partial charge >= 0.3 is 0 Å². The highest BCUT2D eigenvalue weighted by molar-refractivity contribution is 5.91. The molecule has 3 aromatic carbocycles. The maximum atomic E-state index is 4.66. The van der Waals surface area contributed by atoms with Crippen molar-refractivity contribution in [3.8, 4) is 0 Å². The molecule has 4 nitrogen and oxygen atoms in total. The van der Waals surface area contributed by atoms with Crippen LogP contribution in [-0.2, 0) is 0 Å². The second-order valence-electron chi connectivity index (χ2n) is 5.40. The average molecular weight is 312 g/mol. The van der Waals surface area contributed by atoms with Gasteiger partial charge in [-0.25, -0.2) is 4.98 Å². The first kappa shape index (κ1) is 14.2. The SMILES string of the molecule is c1ccc(Nc2nc(Nc3ccccc3)c3ccccc3n2)cc1. The number of fused-ring (bicyclic) bond motifs is 1. The van der Waals surface area contributed by atoms with Crippen LogP contribution in [0.2, 0.25) is 0 Å². The van der Waals surface area contributed by atoms with Crippen molar-refractivity contribution in [1.82, 2.24) is 9.97 Å². The Kier molecular flexibility index (Phi) is 3.78. The molecule has 2 N–H and O–H groups in total. The smallest absolute Gasteiger partial charge is 0.229 e. The third kappa shape index (κ3) is 3.03. The van der Waals surface area contributed by atoms with Gasteiger partial charge in [0.1, 0.15) is 5.82 Å². The second-order valence-corrected chi connectivity index (χ2v) is 5.40. The van der Waals surface area contributed by atoms with Gasteiger partial charge in [-0.05, 0) is 36.4 Å². The van der Waals surface area contributed by atoms with Gasteiger partial charge in [-0.3, -0.25) is 0 Å². The molecule has 0 unspecified atom stereocenters. The molecule has 0 spiro atoms. The summed E-state index contributed by atoms with van der Waals surface area (Å²) in [6, 6.07) is 27.9. The minimum Gasteiger partial charge on any atom is -0.340 e. The van der Waals surface area contributed by atoms with Crippen LogP contribution >= 0.6 is 0 Å². The van der Waals surface area contributed by atoms with Gasteiger partial charge in [0.15, 0.2) is 0 Å². The summed E-state index contributed by atoms with van der Waals surface area (Å²) in [5, 5.41) is 7.63. The Balaban J connectivity index is 1.76. The molecule has 4 heteroatoms. The fraction of sp³-hybridized carbons (Fsp3) is 0. The predicted octanol–water partition coefficient (Wildman–Crippen LogP) is 5.12. The quantitative estimate of drug-likeness (QED) is 0.549. The molecule has 4 rings (SSSR count). The number of hydrogen-bond acceptors (Lipinski definition) is 4. The van der Waals surface area contributed by atoms with Crippen LogP contribution in [0.15, 0.2) is 84.9 Å². The number of hydrogen-bond donors (Lipinski definition) is 2. The molecule has 0 saturated carbocycles. The largest absolute Gasteiger partial charge is 0.340 e. The molecule has 0 bridgehead atoms. The third-order valence-corrected chi connectivity index (χ3v) is 3.67. The minimum atomic E-state index is 0.568. The highest BCUT2D eigenvalue weighted by Crippen LogP contribution is 2.26. The molecule has 1 heterocycles. The zero-order chi connectivity index (χ0) is 16.2. The number of anilines is 4. The molecule has 0 atom stereocenters. The predicted molar refractivity (Wildman–Crippen MR) is 99.0 cm³/mol. The van der Waals surface area contributed by atoms with Crippen molar-refractivity contribution in [3.63, 3.8) is 0 Å². The monoisotopic (exact) mass is 312 g/mol. The van der Waals surface area contributed by atoms with E-state index in [1.54, 1.807) is 0 Å². The van der Waals surface area contributed by atoms with Gasteiger partial charge in [-0.1, -0.05) is 48.5 Å². The van der Waals surface area contributed by atoms with Crippen LogP contribution in [-0.4, -0.2) is 9.97 Å². The Hall–Kier alpha value is -3.40. The number of nitrogens with zero attached hydrogens (tertiary/aromatic N) is 2. The Morgan fingerprint density at radius 1 is 0.542 bits per heavy atom. The lowest BCUT2D eigenvalue weighted by molar-refractivity contribution is 1.21. The molecule has 0 aliphatic carbocycles.